The third kappa shape index (κ3) is 4.70. The minimum Gasteiger partial charge on any atom is -0.482 e. The standard InChI is InChI=1S/C18H18ClN3O3/c19-14-6-1-2-7-15(14)25-11-17(23)22-16-9-8-13(10-20-16)21-18(24)12-4-3-5-12/h1-2,6-10,12H,3-5,11H2,(H,21,24)(H,20,22,23). The average molecular weight is 360 g/mol. The van der Waals surface area contributed by atoms with E-state index >= 15 is 0 Å². The van der Waals surface area contributed by atoms with E-state index in [0.29, 0.717) is 22.3 Å². The smallest absolute Gasteiger partial charge is 0.263 e. The van der Waals surface area contributed by atoms with Crippen LogP contribution in [-0.2, 0) is 9.59 Å². The molecule has 0 atom stereocenters. The van der Waals surface area contributed by atoms with Crippen molar-refractivity contribution in [3.05, 3.63) is 47.6 Å². The van der Waals surface area contributed by atoms with Gasteiger partial charge in [-0.25, -0.2) is 4.98 Å². The first-order valence-electron chi connectivity index (χ1n) is 8.06. The van der Waals surface area contributed by atoms with Crippen molar-refractivity contribution in [1.82, 2.24) is 4.98 Å². The number of nitrogens with one attached hydrogen (secondary N) is 2. The van der Waals surface area contributed by atoms with Gasteiger partial charge in [-0.05, 0) is 37.1 Å². The SMILES string of the molecule is O=C(COc1ccccc1Cl)Nc1ccc(NC(=O)C2CCC2)cn1. The number of para-hydroxylation sites is 1. The highest BCUT2D eigenvalue weighted by molar-refractivity contribution is 6.32. The number of aromatic nitrogens is 1. The number of pyridine rings is 1. The molecular weight excluding hydrogens is 342 g/mol. The highest BCUT2D eigenvalue weighted by Crippen LogP contribution is 2.27. The number of hydrogen-bond donors (Lipinski definition) is 2. The van der Waals surface area contributed by atoms with E-state index in [4.69, 9.17) is 16.3 Å². The molecule has 1 aromatic heterocycles. The molecule has 0 saturated heterocycles. The number of rotatable bonds is 6. The predicted octanol–water partition coefficient (Wildman–Crippen LogP) is 3.49. The summed E-state index contributed by atoms with van der Waals surface area (Å²) in [6.07, 6.45) is 4.51. The van der Waals surface area contributed by atoms with Gasteiger partial charge in [-0.15, -0.1) is 0 Å². The van der Waals surface area contributed by atoms with Crippen LogP contribution in [0.15, 0.2) is 42.6 Å². The van der Waals surface area contributed by atoms with Crippen molar-refractivity contribution in [2.24, 2.45) is 5.92 Å². The second-order valence-electron chi connectivity index (χ2n) is 5.82. The fraction of sp³-hybridized carbons (Fsp3) is 0.278. The molecule has 0 spiro atoms. The topological polar surface area (TPSA) is 80.3 Å². The van der Waals surface area contributed by atoms with E-state index in [0.717, 1.165) is 19.3 Å². The van der Waals surface area contributed by atoms with Crippen LogP contribution in [0.2, 0.25) is 5.02 Å². The summed E-state index contributed by atoms with van der Waals surface area (Å²) in [6.45, 7) is -0.175. The van der Waals surface area contributed by atoms with E-state index in [2.05, 4.69) is 15.6 Å². The largest absolute Gasteiger partial charge is 0.482 e. The van der Waals surface area contributed by atoms with Crippen molar-refractivity contribution in [1.29, 1.82) is 0 Å². The van der Waals surface area contributed by atoms with Crippen LogP contribution >= 0.6 is 11.6 Å². The Morgan fingerprint density at radius 1 is 1.16 bits per heavy atom. The lowest BCUT2D eigenvalue weighted by atomic mass is 9.85. The molecule has 0 bridgehead atoms. The lowest BCUT2D eigenvalue weighted by Crippen LogP contribution is -2.28. The molecular formula is C18H18ClN3O3. The second kappa shape index (κ2) is 7.98. The summed E-state index contributed by atoms with van der Waals surface area (Å²) < 4.78 is 5.36. The van der Waals surface area contributed by atoms with Crippen LogP contribution in [0.4, 0.5) is 11.5 Å². The molecule has 1 aliphatic carbocycles. The van der Waals surface area contributed by atoms with E-state index in [1.54, 1.807) is 36.4 Å². The first kappa shape index (κ1) is 17.2. The maximum Gasteiger partial charge on any atom is 0.263 e. The summed E-state index contributed by atoms with van der Waals surface area (Å²) >= 11 is 5.96. The van der Waals surface area contributed by atoms with Crippen LogP contribution < -0.4 is 15.4 Å². The highest BCUT2D eigenvalue weighted by atomic mass is 35.5. The lowest BCUT2D eigenvalue weighted by molar-refractivity contribution is -0.122. The van der Waals surface area contributed by atoms with E-state index in [1.165, 1.54) is 6.20 Å². The molecule has 1 aromatic carbocycles. The molecule has 6 nitrogen and oxygen atoms in total. The minimum absolute atomic E-state index is 0.0259. The minimum atomic E-state index is -0.348. The zero-order valence-electron chi connectivity index (χ0n) is 13.5. The van der Waals surface area contributed by atoms with Gasteiger partial charge in [0.05, 0.1) is 16.9 Å². The summed E-state index contributed by atoms with van der Waals surface area (Å²) in [7, 11) is 0. The van der Waals surface area contributed by atoms with Crippen molar-refractivity contribution in [2.75, 3.05) is 17.2 Å². The second-order valence-corrected chi connectivity index (χ2v) is 6.22. The Kier molecular flexibility index (Phi) is 5.50. The Morgan fingerprint density at radius 2 is 1.96 bits per heavy atom. The average Bonchev–Trinajstić information content (AvgIpc) is 2.54. The van der Waals surface area contributed by atoms with Gasteiger partial charge < -0.3 is 15.4 Å². The maximum atomic E-state index is 11.9. The number of nitrogens with zero attached hydrogens (tertiary/aromatic N) is 1. The Morgan fingerprint density at radius 3 is 2.60 bits per heavy atom. The lowest BCUT2D eigenvalue weighted by Gasteiger charge is -2.23. The van der Waals surface area contributed by atoms with Crippen LogP contribution in [0.25, 0.3) is 0 Å². The number of amides is 2. The van der Waals surface area contributed by atoms with Crippen LogP contribution in [-0.4, -0.2) is 23.4 Å². The van der Waals surface area contributed by atoms with Gasteiger partial charge in [0, 0.05) is 5.92 Å². The molecule has 1 heterocycles. The monoisotopic (exact) mass is 359 g/mol. The van der Waals surface area contributed by atoms with Crippen molar-refractivity contribution < 1.29 is 14.3 Å². The van der Waals surface area contributed by atoms with Crippen LogP contribution in [0, 0.1) is 5.92 Å². The number of carbonyl (C=O) groups is 2. The van der Waals surface area contributed by atoms with Gasteiger partial charge in [-0.1, -0.05) is 30.2 Å². The Hall–Kier alpha value is -2.60. The van der Waals surface area contributed by atoms with Gasteiger partial charge >= 0.3 is 0 Å². The molecule has 25 heavy (non-hydrogen) atoms. The van der Waals surface area contributed by atoms with Gasteiger partial charge in [0.1, 0.15) is 11.6 Å². The molecule has 1 aliphatic rings. The van der Waals surface area contributed by atoms with E-state index in [1.807, 2.05) is 0 Å². The van der Waals surface area contributed by atoms with E-state index in [-0.39, 0.29) is 24.3 Å². The quantitative estimate of drug-likeness (QED) is 0.827. The summed E-state index contributed by atoms with van der Waals surface area (Å²) in [6, 6.07) is 10.3. The van der Waals surface area contributed by atoms with E-state index in [9.17, 15) is 9.59 Å². The Balaban J connectivity index is 1.48. The van der Waals surface area contributed by atoms with Crippen molar-refractivity contribution in [3.8, 4) is 5.75 Å². The van der Waals surface area contributed by atoms with Gasteiger partial charge in [-0.3, -0.25) is 9.59 Å². The van der Waals surface area contributed by atoms with Crippen molar-refractivity contribution in [2.45, 2.75) is 19.3 Å². The Bertz CT molecular complexity index is 760. The number of hydrogen-bond acceptors (Lipinski definition) is 4. The van der Waals surface area contributed by atoms with Gasteiger partial charge in [0.2, 0.25) is 5.91 Å². The highest BCUT2D eigenvalue weighted by Gasteiger charge is 2.25. The summed E-state index contributed by atoms with van der Waals surface area (Å²) in [5.74, 6) is 0.619. The fourth-order valence-corrected chi connectivity index (χ4v) is 2.53. The third-order valence-electron chi connectivity index (χ3n) is 3.97. The molecule has 3 rings (SSSR count). The maximum absolute atomic E-state index is 11.9. The van der Waals surface area contributed by atoms with Gasteiger partial charge in [0.25, 0.3) is 5.91 Å². The summed E-state index contributed by atoms with van der Waals surface area (Å²) in [5.41, 5.74) is 0.613. The molecule has 1 saturated carbocycles. The number of carbonyl (C=O) groups excluding carboxylic acids is 2. The molecule has 2 N–H and O–H groups in total. The molecule has 2 aromatic rings. The number of benzene rings is 1. The number of anilines is 2. The van der Waals surface area contributed by atoms with Crippen LogP contribution in [0.1, 0.15) is 19.3 Å². The molecule has 7 heteroatoms. The van der Waals surface area contributed by atoms with Crippen LogP contribution in [0.3, 0.4) is 0 Å². The number of halogens is 1. The predicted molar refractivity (Wildman–Crippen MR) is 95.8 cm³/mol. The van der Waals surface area contributed by atoms with Gasteiger partial charge in [-0.2, -0.15) is 0 Å². The molecule has 0 radical (unpaired) electrons. The van der Waals surface area contributed by atoms with Gasteiger partial charge in [0.15, 0.2) is 6.61 Å². The zero-order chi connectivity index (χ0) is 17.6. The number of ether oxygens (including phenoxy) is 1. The molecule has 130 valence electrons. The first-order valence-corrected chi connectivity index (χ1v) is 8.44. The molecule has 0 aliphatic heterocycles. The fourth-order valence-electron chi connectivity index (χ4n) is 2.34. The zero-order valence-corrected chi connectivity index (χ0v) is 14.3. The van der Waals surface area contributed by atoms with E-state index < -0.39 is 0 Å². The van der Waals surface area contributed by atoms with Crippen LogP contribution in [0.5, 0.6) is 5.75 Å². The van der Waals surface area contributed by atoms with Crippen molar-refractivity contribution >= 4 is 34.9 Å². The molecule has 1 fully saturated rings. The first-order chi connectivity index (χ1) is 12.1. The van der Waals surface area contributed by atoms with Crippen molar-refractivity contribution in [3.63, 3.8) is 0 Å². The summed E-state index contributed by atoms with van der Waals surface area (Å²) in [5, 5.41) is 5.89. The molecule has 0 unspecified atom stereocenters. The third-order valence-corrected chi connectivity index (χ3v) is 4.28. The summed E-state index contributed by atoms with van der Waals surface area (Å²) in [4.78, 5) is 27.9. The Labute approximate surface area is 150 Å². The normalized spacial score (nSPS) is 13.6. The molecule has 2 amide bonds.